The lowest BCUT2D eigenvalue weighted by Gasteiger charge is -2.07. The van der Waals surface area contributed by atoms with Gasteiger partial charge >= 0.3 is 5.97 Å². The fraction of sp³-hybridized carbons (Fsp3) is 0.667. The number of methoxy groups -OCH3 is 1. The molecule has 2 N–H and O–H groups in total. The minimum atomic E-state index is -0.547. The molecule has 1 heterocycles. The summed E-state index contributed by atoms with van der Waals surface area (Å²) in [4.78, 5) is 11.0. The average Bonchev–Trinajstić information content (AvgIpc) is 2.69. The Labute approximate surface area is 97.9 Å². The van der Waals surface area contributed by atoms with Crippen molar-refractivity contribution in [1.29, 1.82) is 0 Å². The first-order valence-electron chi connectivity index (χ1n) is 4.84. The Morgan fingerprint density at radius 3 is 2.94 bits per heavy atom. The summed E-state index contributed by atoms with van der Waals surface area (Å²) in [5.74, 6) is 1.10. The first-order chi connectivity index (χ1) is 7.65. The van der Waals surface area contributed by atoms with Gasteiger partial charge in [0.25, 0.3) is 0 Å². The molecule has 1 atom stereocenters. The van der Waals surface area contributed by atoms with E-state index in [-0.39, 0.29) is 5.97 Å². The van der Waals surface area contributed by atoms with Gasteiger partial charge in [-0.2, -0.15) is 11.8 Å². The number of aryl methyl sites for hydroxylation is 1. The second-order valence-electron chi connectivity index (χ2n) is 3.27. The topological polar surface area (TPSA) is 91.2 Å². The molecule has 0 aliphatic rings. The molecule has 0 spiro atoms. The first-order valence-corrected chi connectivity index (χ1v) is 5.99. The van der Waals surface area contributed by atoms with Crippen LogP contribution in [0.3, 0.4) is 0 Å². The van der Waals surface area contributed by atoms with E-state index in [1.165, 1.54) is 7.11 Å². The van der Waals surface area contributed by atoms with Gasteiger partial charge in [0.05, 0.1) is 7.11 Å². The van der Waals surface area contributed by atoms with Gasteiger partial charge in [-0.25, -0.2) is 4.63 Å². The molecule has 6 nitrogen and oxygen atoms in total. The van der Waals surface area contributed by atoms with E-state index in [2.05, 4.69) is 19.7 Å². The molecule has 1 aromatic heterocycles. The maximum absolute atomic E-state index is 11.0. The Bertz CT molecular complexity index is 342. The molecule has 0 aliphatic heterocycles. The maximum Gasteiger partial charge on any atom is 0.322 e. The summed E-state index contributed by atoms with van der Waals surface area (Å²) in [6.45, 7) is 1.84. The zero-order chi connectivity index (χ0) is 12.0. The van der Waals surface area contributed by atoms with Gasteiger partial charge in [-0.1, -0.05) is 10.3 Å². The lowest BCUT2D eigenvalue weighted by Crippen LogP contribution is -2.31. The van der Waals surface area contributed by atoms with Crippen molar-refractivity contribution in [3.63, 3.8) is 0 Å². The molecule has 90 valence electrons. The number of aromatic nitrogens is 2. The number of carbonyl (C=O) groups is 1. The third kappa shape index (κ3) is 3.82. The quantitative estimate of drug-likeness (QED) is 0.576. The van der Waals surface area contributed by atoms with Gasteiger partial charge in [0.1, 0.15) is 17.4 Å². The summed E-state index contributed by atoms with van der Waals surface area (Å²) in [5, 5.41) is 7.43. The Balaban J connectivity index is 2.17. The Kier molecular flexibility index (Phi) is 5.27. The highest BCUT2D eigenvalue weighted by Crippen LogP contribution is 2.13. The number of thioether (sulfide) groups is 1. The molecule has 0 fully saturated rings. The first kappa shape index (κ1) is 13.0. The number of hydrogen-bond donors (Lipinski definition) is 1. The summed E-state index contributed by atoms with van der Waals surface area (Å²) < 4.78 is 9.09. The Hall–Kier alpha value is -1.08. The van der Waals surface area contributed by atoms with Crippen LogP contribution in [0.2, 0.25) is 0 Å². The van der Waals surface area contributed by atoms with Gasteiger partial charge < -0.3 is 10.5 Å². The molecule has 0 aliphatic carbocycles. The van der Waals surface area contributed by atoms with Crippen molar-refractivity contribution in [3.8, 4) is 0 Å². The van der Waals surface area contributed by atoms with Crippen molar-refractivity contribution in [2.45, 2.75) is 25.1 Å². The van der Waals surface area contributed by atoms with Crippen LogP contribution in [0.25, 0.3) is 0 Å². The van der Waals surface area contributed by atoms with Gasteiger partial charge in [-0.15, -0.1) is 0 Å². The maximum atomic E-state index is 11.0. The molecule has 0 radical (unpaired) electrons. The third-order valence-electron chi connectivity index (χ3n) is 2.06. The number of carbonyl (C=O) groups excluding carboxylic acids is 1. The molecule has 16 heavy (non-hydrogen) atoms. The smallest absolute Gasteiger partial charge is 0.322 e. The van der Waals surface area contributed by atoms with Crippen LogP contribution in [-0.2, 0) is 15.3 Å². The van der Waals surface area contributed by atoms with Crippen LogP contribution >= 0.6 is 11.8 Å². The molecule has 0 aromatic carbocycles. The van der Waals surface area contributed by atoms with Gasteiger partial charge in [0.15, 0.2) is 0 Å². The van der Waals surface area contributed by atoms with E-state index < -0.39 is 6.04 Å². The van der Waals surface area contributed by atoms with Gasteiger partial charge in [-0.05, 0) is 19.1 Å². The van der Waals surface area contributed by atoms with Crippen molar-refractivity contribution < 1.29 is 14.2 Å². The lowest BCUT2D eigenvalue weighted by atomic mass is 10.2. The number of esters is 1. The molecule has 1 aromatic rings. The largest absolute Gasteiger partial charge is 0.468 e. The van der Waals surface area contributed by atoms with E-state index in [9.17, 15) is 4.79 Å². The highest BCUT2D eigenvalue weighted by molar-refractivity contribution is 7.98. The third-order valence-corrected chi connectivity index (χ3v) is 3.06. The number of hydrogen-bond acceptors (Lipinski definition) is 7. The molecule has 1 rings (SSSR count). The van der Waals surface area contributed by atoms with Crippen LogP contribution < -0.4 is 5.73 Å². The van der Waals surface area contributed by atoms with Crippen molar-refractivity contribution in [2.24, 2.45) is 5.73 Å². The molecular weight excluding hydrogens is 230 g/mol. The van der Waals surface area contributed by atoms with Gasteiger partial charge in [0.2, 0.25) is 0 Å². The summed E-state index contributed by atoms with van der Waals surface area (Å²) in [7, 11) is 1.33. The van der Waals surface area contributed by atoms with Crippen LogP contribution in [0.4, 0.5) is 0 Å². The van der Waals surface area contributed by atoms with E-state index in [0.717, 1.165) is 17.1 Å². The van der Waals surface area contributed by atoms with Crippen LogP contribution in [0, 0.1) is 6.92 Å². The van der Waals surface area contributed by atoms with Crippen LogP contribution in [0.15, 0.2) is 4.63 Å². The predicted molar refractivity (Wildman–Crippen MR) is 59.8 cm³/mol. The summed E-state index contributed by atoms with van der Waals surface area (Å²) in [6.07, 6.45) is 0.585. The molecular formula is C9H15N3O3S. The molecule has 0 saturated heterocycles. The monoisotopic (exact) mass is 245 g/mol. The minimum absolute atomic E-state index is 0.375. The van der Waals surface area contributed by atoms with Crippen molar-refractivity contribution in [2.75, 3.05) is 12.9 Å². The Morgan fingerprint density at radius 2 is 2.38 bits per heavy atom. The van der Waals surface area contributed by atoms with Crippen molar-refractivity contribution in [1.82, 2.24) is 10.3 Å². The molecule has 0 saturated carbocycles. The molecule has 0 amide bonds. The molecule has 1 unspecified atom stereocenters. The SMILES string of the molecule is COC(=O)C(N)CCSCc1nonc1C. The summed E-state index contributed by atoms with van der Waals surface area (Å²) in [6, 6.07) is -0.547. The normalized spacial score (nSPS) is 12.4. The van der Waals surface area contributed by atoms with Crippen LogP contribution in [0.5, 0.6) is 0 Å². The minimum Gasteiger partial charge on any atom is -0.468 e. The number of ether oxygens (including phenoxy) is 1. The second-order valence-corrected chi connectivity index (χ2v) is 4.37. The second kappa shape index (κ2) is 6.49. The number of nitrogens with zero attached hydrogens (tertiary/aromatic N) is 2. The van der Waals surface area contributed by atoms with Gasteiger partial charge in [-0.3, -0.25) is 4.79 Å². The average molecular weight is 245 g/mol. The number of nitrogens with two attached hydrogens (primary N) is 1. The Morgan fingerprint density at radius 1 is 1.62 bits per heavy atom. The van der Waals surface area contributed by atoms with E-state index >= 15 is 0 Å². The van der Waals surface area contributed by atoms with E-state index in [0.29, 0.717) is 12.2 Å². The zero-order valence-electron chi connectivity index (χ0n) is 9.30. The highest BCUT2D eigenvalue weighted by Gasteiger charge is 2.13. The van der Waals surface area contributed by atoms with E-state index in [1.54, 1.807) is 11.8 Å². The van der Waals surface area contributed by atoms with E-state index in [4.69, 9.17) is 5.73 Å². The zero-order valence-corrected chi connectivity index (χ0v) is 10.1. The lowest BCUT2D eigenvalue weighted by molar-refractivity contribution is -0.142. The van der Waals surface area contributed by atoms with E-state index in [1.807, 2.05) is 6.92 Å². The van der Waals surface area contributed by atoms with Crippen molar-refractivity contribution >= 4 is 17.7 Å². The van der Waals surface area contributed by atoms with Crippen LogP contribution in [-0.4, -0.2) is 35.2 Å². The number of rotatable bonds is 6. The fourth-order valence-corrected chi connectivity index (χ4v) is 2.05. The predicted octanol–water partition coefficient (Wildman–Crippen LogP) is 0.502. The highest BCUT2D eigenvalue weighted by atomic mass is 32.2. The van der Waals surface area contributed by atoms with Gasteiger partial charge in [0, 0.05) is 5.75 Å². The molecule has 0 bridgehead atoms. The molecule has 7 heteroatoms. The van der Waals surface area contributed by atoms with Crippen molar-refractivity contribution in [3.05, 3.63) is 11.4 Å². The summed E-state index contributed by atoms with van der Waals surface area (Å²) >= 11 is 1.63. The summed E-state index contributed by atoms with van der Waals surface area (Å²) in [5.41, 5.74) is 7.21. The van der Waals surface area contributed by atoms with Crippen LogP contribution in [0.1, 0.15) is 17.8 Å². The fourth-order valence-electron chi connectivity index (χ4n) is 1.03. The standard InChI is InChI=1S/C9H15N3O3S/c1-6-8(12-15-11-6)5-16-4-3-7(10)9(13)14-2/h7H,3-5,10H2,1-2H3.